The fourth-order valence-electron chi connectivity index (χ4n) is 2.94. The van der Waals surface area contributed by atoms with Gasteiger partial charge < -0.3 is 29.9 Å². The van der Waals surface area contributed by atoms with Crippen LogP contribution in [-0.4, -0.2) is 63.7 Å². The third-order valence-corrected chi connectivity index (χ3v) is 4.31. The number of fused-ring (bicyclic) bond motifs is 1. The second-order valence-electron chi connectivity index (χ2n) is 6.00. The molecule has 2 aromatic carbocycles. The van der Waals surface area contributed by atoms with Crippen molar-refractivity contribution in [2.45, 2.75) is 37.1 Å². The van der Waals surface area contributed by atoms with Gasteiger partial charge in [0.1, 0.15) is 24.4 Å². The van der Waals surface area contributed by atoms with E-state index in [-0.39, 0.29) is 6.42 Å². The summed E-state index contributed by atoms with van der Waals surface area (Å²) in [6, 6.07) is 13.2. The Labute approximate surface area is 144 Å². The summed E-state index contributed by atoms with van der Waals surface area (Å²) in [6.45, 7) is -0.581. The molecule has 7 nitrogen and oxygen atoms in total. The Balaban J connectivity index is 1.71. The number of benzene rings is 2. The molecule has 1 saturated heterocycles. The normalized spacial score (nSPS) is 29.5. The van der Waals surface area contributed by atoms with Gasteiger partial charge in [-0.3, -0.25) is 4.79 Å². The third kappa shape index (κ3) is 3.65. The van der Waals surface area contributed by atoms with Gasteiger partial charge in [0.15, 0.2) is 0 Å². The quantitative estimate of drug-likeness (QED) is 0.562. The predicted molar refractivity (Wildman–Crippen MR) is 87.5 cm³/mol. The zero-order valence-electron chi connectivity index (χ0n) is 13.4. The SMILES string of the molecule is O=C(Cc1cccc2ccccc12)O[C@@H]1O[C@H](CO)[C@@H](O)[C@H](O)[C@H]1O. The van der Waals surface area contributed by atoms with Crippen LogP contribution in [0.2, 0.25) is 0 Å². The molecule has 3 rings (SSSR count). The average Bonchev–Trinajstić information content (AvgIpc) is 2.62. The molecule has 0 radical (unpaired) electrons. The summed E-state index contributed by atoms with van der Waals surface area (Å²) in [6.07, 6.45) is -7.30. The highest BCUT2D eigenvalue weighted by Gasteiger charge is 2.45. The van der Waals surface area contributed by atoms with E-state index in [4.69, 9.17) is 14.6 Å². The molecule has 1 aliphatic heterocycles. The molecular weight excluding hydrogens is 328 g/mol. The molecule has 0 spiro atoms. The molecule has 0 aliphatic carbocycles. The van der Waals surface area contributed by atoms with Gasteiger partial charge in [0, 0.05) is 0 Å². The van der Waals surface area contributed by atoms with Crippen LogP contribution in [0.4, 0.5) is 0 Å². The molecule has 0 aromatic heterocycles. The fourth-order valence-corrected chi connectivity index (χ4v) is 2.94. The lowest BCUT2D eigenvalue weighted by Crippen LogP contribution is -2.59. The first-order chi connectivity index (χ1) is 12.0. The van der Waals surface area contributed by atoms with Crippen molar-refractivity contribution < 1.29 is 34.7 Å². The Morgan fingerprint density at radius 2 is 1.72 bits per heavy atom. The van der Waals surface area contributed by atoms with Crippen molar-refractivity contribution >= 4 is 16.7 Å². The van der Waals surface area contributed by atoms with Gasteiger partial charge >= 0.3 is 5.97 Å². The topological polar surface area (TPSA) is 116 Å². The van der Waals surface area contributed by atoms with Crippen LogP contribution >= 0.6 is 0 Å². The molecule has 0 amide bonds. The zero-order valence-corrected chi connectivity index (χ0v) is 13.4. The van der Waals surface area contributed by atoms with E-state index in [1.165, 1.54) is 0 Å². The summed E-state index contributed by atoms with van der Waals surface area (Å²) in [5, 5.41) is 40.4. The number of esters is 1. The minimum atomic E-state index is -1.60. The van der Waals surface area contributed by atoms with Gasteiger partial charge in [-0.05, 0) is 16.3 Å². The van der Waals surface area contributed by atoms with E-state index < -0.39 is 43.3 Å². The standard InChI is InChI=1S/C18H20O7/c19-9-13-15(21)16(22)17(23)18(24-13)25-14(20)8-11-6-3-5-10-4-1-2-7-12(10)11/h1-7,13,15-19,21-23H,8-9H2/t13-,15-,16+,17-,18+/m1/s1. The van der Waals surface area contributed by atoms with Crippen LogP contribution in [0.1, 0.15) is 5.56 Å². The van der Waals surface area contributed by atoms with Crippen molar-refractivity contribution in [1.82, 2.24) is 0 Å². The summed E-state index contributed by atoms with van der Waals surface area (Å²) < 4.78 is 10.3. The number of carbonyl (C=O) groups is 1. The summed E-state index contributed by atoms with van der Waals surface area (Å²) >= 11 is 0. The summed E-state index contributed by atoms with van der Waals surface area (Å²) in [5.41, 5.74) is 0.757. The van der Waals surface area contributed by atoms with Crippen molar-refractivity contribution in [3.63, 3.8) is 0 Å². The maximum atomic E-state index is 12.2. The molecule has 25 heavy (non-hydrogen) atoms. The molecule has 4 N–H and O–H groups in total. The van der Waals surface area contributed by atoms with Gasteiger partial charge in [0.2, 0.25) is 6.29 Å². The maximum Gasteiger partial charge on any atom is 0.312 e. The number of aliphatic hydroxyl groups excluding tert-OH is 4. The molecule has 0 saturated carbocycles. The van der Waals surface area contributed by atoms with Gasteiger partial charge in [0.05, 0.1) is 13.0 Å². The van der Waals surface area contributed by atoms with Crippen LogP contribution in [0.3, 0.4) is 0 Å². The lowest BCUT2D eigenvalue weighted by atomic mass is 9.99. The maximum absolute atomic E-state index is 12.2. The largest absolute Gasteiger partial charge is 0.432 e. The first-order valence-electron chi connectivity index (χ1n) is 7.98. The summed E-state index contributed by atoms with van der Waals surface area (Å²) in [5.74, 6) is -0.652. The molecule has 7 heteroatoms. The Bertz CT molecular complexity index is 740. The van der Waals surface area contributed by atoms with Gasteiger partial charge in [-0.1, -0.05) is 42.5 Å². The average molecular weight is 348 g/mol. The van der Waals surface area contributed by atoms with E-state index in [1.807, 2.05) is 36.4 Å². The Morgan fingerprint density at radius 3 is 2.48 bits per heavy atom. The molecular formula is C18H20O7. The van der Waals surface area contributed by atoms with Gasteiger partial charge in [-0.25, -0.2) is 0 Å². The van der Waals surface area contributed by atoms with Crippen LogP contribution in [0.15, 0.2) is 42.5 Å². The summed E-state index contributed by atoms with van der Waals surface area (Å²) in [7, 11) is 0. The van der Waals surface area contributed by atoms with Gasteiger partial charge in [-0.15, -0.1) is 0 Å². The monoisotopic (exact) mass is 348 g/mol. The van der Waals surface area contributed by atoms with Crippen molar-refractivity contribution in [2.24, 2.45) is 0 Å². The Kier molecular flexibility index (Phi) is 5.31. The highest BCUT2D eigenvalue weighted by molar-refractivity contribution is 5.88. The highest BCUT2D eigenvalue weighted by atomic mass is 16.7. The van der Waals surface area contributed by atoms with Crippen molar-refractivity contribution in [3.05, 3.63) is 48.0 Å². The zero-order chi connectivity index (χ0) is 18.0. The number of ether oxygens (including phenoxy) is 2. The van der Waals surface area contributed by atoms with E-state index in [0.717, 1.165) is 16.3 Å². The van der Waals surface area contributed by atoms with Gasteiger partial charge in [-0.2, -0.15) is 0 Å². The molecule has 134 valence electrons. The highest BCUT2D eigenvalue weighted by Crippen LogP contribution is 2.23. The van der Waals surface area contributed by atoms with E-state index in [9.17, 15) is 20.1 Å². The molecule has 1 fully saturated rings. The first kappa shape index (κ1) is 17.8. The fraction of sp³-hybridized carbons (Fsp3) is 0.389. The number of carbonyl (C=O) groups excluding carboxylic acids is 1. The molecule has 1 aliphatic rings. The number of rotatable bonds is 4. The van der Waals surface area contributed by atoms with E-state index >= 15 is 0 Å². The minimum Gasteiger partial charge on any atom is -0.432 e. The van der Waals surface area contributed by atoms with E-state index in [0.29, 0.717) is 0 Å². The van der Waals surface area contributed by atoms with Crippen molar-refractivity contribution in [1.29, 1.82) is 0 Å². The van der Waals surface area contributed by atoms with E-state index in [2.05, 4.69) is 0 Å². The van der Waals surface area contributed by atoms with Crippen molar-refractivity contribution in [2.75, 3.05) is 6.61 Å². The van der Waals surface area contributed by atoms with E-state index in [1.54, 1.807) is 6.07 Å². The number of hydrogen-bond donors (Lipinski definition) is 4. The predicted octanol–water partition coefficient (Wildman–Crippen LogP) is -0.275. The lowest BCUT2D eigenvalue weighted by molar-refractivity contribution is -0.292. The Hall–Kier alpha value is -2.03. The van der Waals surface area contributed by atoms with Gasteiger partial charge in [0.25, 0.3) is 0 Å². The molecule has 0 bridgehead atoms. The van der Waals surface area contributed by atoms with Crippen LogP contribution < -0.4 is 0 Å². The second kappa shape index (κ2) is 7.47. The van der Waals surface area contributed by atoms with Crippen molar-refractivity contribution in [3.8, 4) is 0 Å². The van der Waals surface area contributed by atoms with Crippen LogP contribution in [0.25, 0.3) is 10.8 Å². The molecule has 5 atom stereocenters. The van der Waals surface area contributed by atoms with Crippen LogP contribution in [0, 0.1) is 0 Å². The molecule has 1 heterocycles. The summed E-state index contributed by atoms with van der Waals surface area (Å²) in [4.78, 5) is 12.2. The van der Waals surface area contributed by atoms with Crippen LogP contribution in [-0.2, 0) is 20.7 Å². The third-order valence-electron chi connectivity index (χ3n) is 4.31. The van der Waals surface area contributed by atoms with Crippen LogP contribution in [0.5, 0.6) is 0 Å². The Morgan fingerprint density at radius 1 is 1.00 bits per heavy atom. The molecule has 2 aromatic rings. The number of aliphatic hydroxyl groups is 4. The lowest BCUT2D eigenvalue weighted by Gasteiger charge is -2.39. The minimum absolute atomic E-state index is 0.0453. The smallest absolute Gasteiger partial charge is 0.312 e. The first-order valence-corrected chi connectivity index (χ1v) is 7.98. The molecule has 0 unspecified atom stereocenters. The second-order valence-corrected chi connectivity index (χ2v) is 6.00. The number of hydrogen-bond acceptors (Lipinski definition) is 7.